The molecule has 0 radical (unpaired) electrons. The van der Waals surface area contributed by atoms with E-state index in [9.17, 15) is 4.79 Å². The van der Waals surface area contributed by atoms with Crippen molar-refractivity contribution in [1.29, 1.82) is 0 Å². The smallest absolute Gasteiger partial charge is 0.328 e. The van der Waals surface area contributed by atoms with Crippen LogP contribution < -0.4 is 5.73 Å². The van der Waals surface area contributed by atoms with Crippen LogP contribution in [0.3, 0.4) is 0 Å². The summed E-state index contributed by atoms with van der Waals surface area (Å²) in [7, 11) is 0. The molecule has 0 amide bonds. The van der Waals surface area contributed by atoms with Crippen LogP contribution in [0.15, 0.2) is 24.3 Å². The topological polar surface area (TPSA) is 72.5 Å². The number of aliphatic carboxylic acids is 1. The summed E-state index contributed by atoms with van der Waals surface area (Å²) in [6.07, 6.45) is 5.16. The standard InChI is InChI=1S/C19H27NO3/c1-3-13(12-19(21)22)15-5-6-17(18(20)11-15)16(4-2)14-7-9-23-10-8-14/h5-6,11-12,14,16H,3-4,7-10,20H2,1-2H3,(H,21,22)/b13-12+/t16-/m1/s1. The highest BCUT2D eigenvalue weighted by Gasteiger charge is 2.25. The SMILES string of the molecule is CC/C(=C\C(=O)O)c1ccc([C@H](CC)C2CCOCC2)c(N)c1. The molecule has 126 valence electrons. The van der Waals surface area contributed by atoms with Gasteiger partial charge in [-0.05, 0) is 60.3 Å². The van der Waals surface area contributed by atoms with Crippen LogP contribution in [-0.2, 0) is 9.53 Å². The van der Waals surface area contributed by atoms with Gasteiger partial charge in [0, 0.05) is 25.0 Å². The second kappa shape index (κ2) is 8.16. The van der Waals surface area contributed by atoms with E-state index in [1.165, 1.54) is 11.6 Å². The Labute approximate surface area is 138 Å². The minimum atomic E-state index is -0.918. The fourth-order valence-corrected chi connectivity index (χ4v) is 3.58. The van der Waals surface area contributed by atoms with Gasteiger partial charge in [0.2, 0.25) is 0 Å². The Morgan fingerprint density at radius 3 is 2.61 bits per heavy atom. The van der Waals surface area contributed by atoms with E-state index in [1.54, 1.807) is 0 Å². The van der Waals surface area contributed by atoms with Crippen molar-refractivity contribution in [2.75, 3.05) is 18.9 Å². The Balaban J connectivity index is 2.28. The molecule has 0 bridgehead atoms. The van der Waals surface area contributed by atoms with E-state index in [4.69, 9.17) is 15.6 Å². The lowest BCUT2D eigenvalue weighted by Crippen LogP contribution is -2.22. The molecule has 1 aromatic carbocycles. The summed E-state index contributed by atoms with van der Waals surface area (Å²) in [6.45, 7) is 5.83. The molecule has 1 fully saturated rings. The van der Waals surface area contributed by atoms with Crippen molar-refractivity contribution in [3.8, 4) is 0 Å². The molecule has 1 heterocycles. The zero-order chi connectivity index (χ0) is 16.8. The van der Waals surface area contributed by atoms with E-state index in [0.717, 1.165) is 49.3 Å². The van der Waals surface area contributed by atoms with Gasteiger partial charge in [-0.1, -0.05) is 26.0 Å². The van der Waals surface area contributed by atoms with Crippen molar-refractivity contribution in [2.24, 2.45) is 5.92 Å². The second-order valence-corrected chi connectivity index (χ2v) is 6.17. The molecule has 4 heteroatoms. The molecule has 1 aliphatic heterocycles. The van der Waals surface area contributed by atoms with Crippen LogP contribution >= 0.6 is 0 Å². The fourth-order valence-electron chi connectivity index (χ4n) is 3.58. The monoisotopic (exact) mass is 317 g/mol. The van der Waals surface area contributed by atoms with Crippen LogP contribution in [0.1, 0.15) is 56.6 Å². The normalized spacial score (nSPS) is 17.9. The second-order valence-electron chi connectivity index (χ2n) is 6.17. The molecule has 0 saturated carbocycles. The summed E-state index contributed by atoms with van der Waals surface area (Å²) >= 11 is 0. The lowest BCUT2D eigenvalue weighted by Gasteiger charge is -2.31. The van der Waals surface area contributed by atoms with Gasteiger partial charge in [0.1, 0.15) is 0 Å². The van der Waals surface area contributed by atoms with Gasteiger partial charge in [0.25, 0.3) is 0 Å². The lowest BCUT2D eigenvalue weighted by molar-refractivity contribution is -0.131. The molecule has 0 unspecified atom stereocenters. The lowest BCUT2D eigenvalue weighted by atomic mass is 9.78. The van der Waals surface area contributed by atoms with Crippen LogP contribution in [0.4, 0.5) is 5.69 Å². The Morgan fingerprint density at radius 2 is 2.09 bits per heavy atom. The van der Waals surface area contributed by atoms with Crippen molar-refractivity contribution >= 4 is 17.2 Å². The summed E-state index contributed by atoms with van der Waals surface area (Å²) in [5.74, 6) is 0.140. The average Bonchev–Trinajstić information content (AvgIpc) is 2.55. The van der Waals surface area contributed by atoms with Crippen molar-refractivity contribution in [1.82, 2.24) is 0 Å². The molecule has 3 N–H and O–H groups in total. The molecular formula is C19H27NO3. The minimum Gasteiger partial charge on any atom is -0.478 e. The number of rotatable bonds is 6. The highest BCUT2D eigenvalue weighted by atomic mass is 16.5. The number of carboxylic acid groups (broad SMARTS) is 1. The highest BCUT2D eigenvalue weighted by molar-refractivity contribution is 5.90. The van der Waals surface area contributed by atoms with Crippen LogP contribution in [0, 0.1) is 5.92 Å². The third-order valence-corrected chi connectivity index (χ3v) is 4.81. The molecule has 1 aromatic rings. The molecule has 1 atom stereocenters. The molecule has 0 aromatic heterocycles. The van der Waals surface area contributed by atoms with Crippen LogP contribution in [0.2, 0.25) is 0 Å². The largest absolute Gasteiger partial charge is 0.478 e. The number of benzene rings is 1. The van der Waals surface area contributed by atoms with E-state index in [2.05, 4.69) is 13.0 Å². The van der Waals surface area contributed by atoms with Crippen LogP contribution in [0.25, 0.3) is 5.57 Å². The van der Waals surface area contributed by atoms with Gasteiger partial charge in [-0.15, -0.1) is 0 Å². The molecule has 4 nitrogen and oxygen atoms in total. The number of nitrogens with two attached hydrogens (primary N) is 1. The van der Waals surface area contributed by atoms with Gasteiger partial charge in [0.15, 0.2) is 0 Å². The first-order chi connectivity index (χ1) is 11.1. The Hall–Kier alpha value is -1.81. The number of ether oxygens (including phenoxy) is 1. The van der Waals surface area contributed by atoms with Gasteiger partial charge in [0.05, 0.1) is 0 Å². The number of carboxylic acids is 1. The molecule has 0 aliphatic carbocycles. The maximum Gasteiger partial charge on any atom is 0.328 e. The van der Waals surface area contributed by atoms with E-state index >= 15 is 0 Å². The quantitative estimate of drug-likeness (QED) is 0.613. The third kappa shape index (κ3) is 4.35. The Bertz CT molecular complexity index is 574. The predicted molar refractivity (Wildman–Crippen MR) is 93.3 cm³/mol. The maximum atomic E-state index is 10.9. The summed E-state index contributed by atoms with van der Waals surface area (Å²) in [4.78, 5) is 10.9. The van der Waals surface area contributed by atoms with E-state index < -0.39 is 5.97 Å². The van der Waals surface area contributed by atoms with Crippen molar-refractivity contribution < 1.29 is 14.6 Å². The number of allylic oxidation sites excluding steroid dienone is 1. The van der Waals surface area contributed by atoms with Gasteiger partial charge < -0.3 is 15.6 Å². The number of nitrogen functional groups attached to an aromatic ring is 1. The number of anilines is 1. The minimum absolute atomic E-state index is 0.446. The zero-order valence-corrected chi connectivity index (χ0v) is 14.0. The summed E-state index contributed by atoms with van der Waals surface area (Å²) in [5.41, 5.74) is 9.98. The highest BCUT2D eigenvalue weighted by Crippen LogP contribution is 2.38. The van der Waals surface area contributed by atoms with Gasteiger partial charge in [-0.3, -0.25) is 0 Å². The van der Waals surface area contributed by atoms with E-state index in [0.29, 0.717) is 18.3 Å². The molecule has 23 heavy (non-hydrogen) atoms. The first-order valence-electron chi connectivity index (χ1n) is 8.47. The zero-order valence-electron chi connectivity index (χ0n) is 14.0. The molecule has 2 rings (SSSR count). The van der Waals surface area contributed by atoms with Gasteiger partial charge >= 0.3 is 5.97 Å². The van der Waals surface area contributed by atoms with Crippen LogP contribution in [-0.4, -0.2) is 24.3 Å². The molecule has 0 spiro atoms. The van der Waals surface area contributed by atoms with E-state index in [-0.39, 0.29) is 0 Å². The Morgan fingerprint density at radius 1 is 1.39 bits per heavy atom. The van der Waals surface area contributed by atoms with Crippen molar-refractivity contribution in [3.05, 3.63) is 35.4 Å². The molecule has 1 saturated heterocycles. The molecular weight excluding hydrogens is 290 g/mol. The van der Waals surface area contributed by atoms with Crippen molar-refractivity contribution in [2.45, 2.75) is 45.4 Å². The van der Waals surface area contributed by atoms with E-state index in [1.807, 2.05) is 19.1 Å². The molecule has 1 aliphatic rings. The predicted octanol–water partition coefficient (Wildman–Crippen LogP) is 4.07. The fraction of sp³-hybridized carbons (Fsp3) is 0.526. The number of hydrogen-bond acceptors (Lipinski definition) is 3. The summed E-state index contributed by atoms with van der Waals surface area (Å²) in [5, 5.41) is 8.98. The first kappa shape index (κ1) is 17.5. The van der Waals surface area contributed by atoms with Gasteiger partial charge in [-0.25, -0.2) is 4.79 Å². The number of hydrogen-bond donors (Lipinski definition) is 2. The average molecular weight is 317 g/mol. The number of carbonyl (C=O) groups is 1. The summed E-state index contributed by atoms with van der Waals surface area (Å²) in [6, 6.07) is 6.02. The van der Waals surface area contributed by atoms with Crippen molar-refractivity contribution in [3.63, 3.8) is 0 Å². The maximum absolute atomic E-state index is 10.9. The van der Waals surface area contributed by atoms with Gasteiger partial charge in [-0.2, -0.15) is 0 Å². The first-order valence-corrected chi connectivity index (χ1v) is 8.47. The van der Waals surface area contributed by atoms with Crippen LogP contribution in [0.5, 0.6) is 0 Å². The summed E-state index contributed by atoms with van der Waals surface area (Å²) < 4.78 is 5.47. The Kier molecular flexibility index (Phi) is 6.22. The third-order valence-electron chi connectivity index (χ3n) is 4.81.